The minimum absolute atomic E-state index is 0.0381. The smallest absolute Gasteiger partial charge is 0.399 e. The van der Waals surface area contributed by atoms with Gasteiger partial charge in [0.1, 0.15) is 0 Å². The summed E-state index contributed by atoms with van der Waals surface area (Å²) in [5.74, 6) is 0. The quantitative estimate of drug-likeness (QED) is 0.772. The summed E-state index contributed by atoms with van der Waals surface area (Å²) in [4.78, 5) is 0. The zero-order chi connectivity index (χ0) is 19.2. The second-order valence-electron chi connectivity index (χ2n) is 8.57. The molecular formula is C21H29BN2O3. The Labute approximate surface area is 162 Å². The lowest BCUT2D eigenvalue weighted by molar-refractivity contribution is -0.0384. The standard InChI is InChI=1S/C21H29BN2O3/c1-15-18(22-26-20(2,3)21(4,5)27-22)19(16-11-7-6-8-12-16)24(23-15)17-13-9-10-14-25-17/h6-8,11-12,17H,9-10,13-14H2,1-5H3. The van der Waals surface area contributed by atoms with Crippen LogP contribution in [0.3, 0.4) is 0 Å². The van der Waals surface area contributed by atoms with Crippen molar-refractivity contribution >= 4 is 12.6 Å². The summed E-state index contributed by atoms with van der Waals surface area (Å²) in [6.45, 7) is 11.1. The van der Waals surface area contributed by atoms with Crippen LogP contribution in [0.15, 0.2) is 30.3 Å². The number of benzene rings is 1. The molecule has 0 aliphatic carbocycles. The SMILES string of the molecule is Cc1nn(C2CCCCO2)c(-c2ccccc2)c1B1OC(C)(C)C(C)(C)O1. The summed E-state index contributed by atoms with van der Waals surface area (Å²) in [7, 11) is -0.442. The Balaban J connectivity index is 1.83. The molecule has 0 bridgehead atoms. The molecule has 0 N–H and O–H groups in total. The van der Waals surface area contributed by atoms with E-state index in [9.17, 15) is 0 Å². The van der Waals surface area contributed by atoms with Gasteiger partial charge in [-0.3, -0.25) is 0 Å². The van der Waals surface area contributed by atoms with Crippen LogP contribution in [0.25, 0.3) is 11.3 Å². The lowest BCUT2D eigenvalue weighted by Gasteiger charge is -2.32. The van der Waals surface area contributed by atoms with E-state index in [0.717, 1.165) is 48.3 Å². The van der Waals surface area contributed by atoms with Crippen LogP contribution >= 0.6 is 0 Å². The number of rotatable bonds is 3. The first-order chi connectivity index (χ1) is 12.8. The third-order valence-electron chi connectivity index (χ3n) is 6.10. The van der Waals surface area contributed by atoms with Gasteiger partial charge in [0, 0.05) is 12.1 Å². The van der Waals surface area contributed by atoms with Crippen LogP contribution < -0.4 is 5.46 Å². The summed E-state index contributed by atoms with van der Waals surface area (Å²) in [5, 5.41) is 4.88. The highest BCUT2D eigenvalue weighted by molar-refractivity contribution is 6.64. The van der Waals surface area contributed by atoms with Crippen LogP contribution in [0.4, 0.5) is 0 Å². The second kappa shape index (κ2) is 6.76. The summed E-state index contributed by atoms with van der Waals surface area (Å²) in [6.07, 6.45) is 3.21. The van der Waals surface area contributed by atoms with Crippen molar-refractivity contribution in [2.45, 2.75) is 71.3 Å². The zero-order valence-electron chi connectivity index (χ0n) is 17.0. The van der Waals surface area contributed by atoms with E-state index in [2.05, 4.69) is 52.0 Å². The lowest BCUT2D eigenvalue weighted by atomic mass is 9.76. The van der Waals surface area contributed by atoms with E-state index in [0.29, 0.717) is 0 Å². The molecule has 4 rings (SSSR count). The third kappa shape index (κ3) is 3.24. The molecule has 2 fully saturated rings. The van der Waals surface area contributed by atoms with Gasteiger partial charge in [0.15, 0.2) is 6.23 Å². The molecule has 144 valence electrons. The Kier molecular flexibility index (Phi) is 4.69. The lowest BCUT2D eigenvalue weighted by Crippen LogP contribution is -2.41. The molecule has 1 unspecified atom stereocenters. The van der Waals surface area contributed by atoms with Crippen molar-refractivity contribution in [1.29, 1.82) is 0 Å². The van der Waals surface area contributed by atoms with Crippen molar-refractivity contribution in [3.05, 3.63) is 36.0 Å². The maximum atomic E-state index is 6.38. The van der Waals surface area contributed by atoms with E-state index in [4.69, 9.17) is 19.1 Å². The summed E-state index contributed by atoms with van der Waals surface area (Å²) < 4.78 is 20.9. The van der Waals surface area contributed by atoms with Crippen LogP contribution in [-0.4, -0.2) is 34.7 Å². The number of aromatic nitrogens is 2. The van der Waals surface area contributed by atoms with Crippen molar-refractivity contribution in [3.8, 4) is 11.3 Å². The van der Waals surface area contributed by atoms with E-state index in [1.54, 1.807) is 0 Å². The Morgan fingerprint density at radius 1 is 1.04 bits per heavy atom. The predicted molar refractivity (Wildman–Crippen MR) is 107 cm³/mol. The van der Waals surface area contributed by atoms with Crippen LogP contribution in [0.1, 0.15) is 58.9 Å². The Morgan fingerprint density at radius 3 is 2.30 bits per heavy atom. The van der Waals surface area contributed by atoms with Gasteiger partial charge in [-0.05, 0) is 59.4 Å². The molecule has 5 nitrogen and oxygen atoms in total. The summed E-state index contributed by atoms with van der Waals surface area (Å²) >= 11 is 0. The molecule has 2 aliphatic rings. The maximum Gasteiger partial charge on any atom is 0.499 e. The van der Waals surface area contributed by atoms with Crippen molar-refractivity contribution in [2.24, 2.45) is 0 Å². The van der Waals surface area contributed by atoms with Gasteiger partial charge in [-0.25, -0.2) is 4.68 Å². The fourth-order valence-corrected chi connectivity index (χ4v) is 3.81. The first kappa shape index (κ1) is 18.7. The maximum absolute atomic E-state index is 6.38. The summed E-state index contributed by atoms with van der Waals surface area (Å²) in [6, 6.07) is 10.4. The van der Waals surface area contributed by atoms with Gasteiger partial charge < -0.3 is 14.0 Å². The third-order valence-corrected chi connectivity index (χ3v) is 6.10. The number of aryl methyl sites for hydroxylation is 1. The topological polar surface area (TPSA) is 45.5 Å². The Hall–Kier alpha value is -1.63. The number of hydrogen-bond donors (Lipinski definition) is 0. The molecule has 27 heavy (non-hydrogen) atoms. The molecule has 1 aromatic heterocycles. The highest BCUT2D eigenvalue weighted by Gasteiger charge is 2.53. The number of ether oxygens (including phenoxy) is 1. The van der Waals surface area contributed by atoms with Gasteiger partial charge in [0.2, 0.25) is 0 Å². The second-order valence-corrected chi connectivity index (χ2v) is 8.57. The van der Waals surface area contributed by atoms with E-state index in [1.165, 1.54) is 0 Å². The highest BCUT2D eigenvalue weighted by atomic mass is 16.7. The Morgan fingerprint density at radius 2 is 1.70 bits per heavy atom. The number of nitrogens with zero attached hydrogens (tertiary/aromatic N) is 2. The molecule has 2 saturated heterocycles. The molecule has 6 heteroatoms. The van der Waals surface area contributed by atoms with Crippen molar-refractivity contribution in [3.63, 3.8) is 0 Å². The van der Waals surface area contributed by atoms with Crippen LogP contribution in [-0.2, 0) is 14.0 Å². The Bertz CT molecular complexity index is 794. The number of hydrogen-bond acceptors (Lipinski definition) is 4. The fourth-order valence-electron chi connectivity index (χ4n) is 3.81. The van der Waals surface area contributed by atoms with Gasteiger partial charge in [-0.15, -0.1) is 0 Å². The zero-order valence-corrected chi connectivity index (χ0v) is 17.0. The molecular weight excluding hydrogens is 339 g/mol. The molecule has 2 aromatic rings. The van der Waals surface area contributed by atoms with Gasteiger partial charge >= 0.3 is 7.12 Å². The molecule has 0 amide bonds. The normalized spacial score (nSPS) is 24.3. The molecule has 1 aromatic carbocycles. The average molecular weight is 368 g/mol. The van der Waals surface area contributed by atoms with Crippen molar-refractivity contribution in [1.82, 2.24) is 9.78 Å². The first-order valence-corrected chi connectivity index (χ1v) is 9.92. The molecule has 2 aliphatic heterocycles. The van der Waals surface area contributed by atoms with Gasteiger partial charge in [0.05, 0.1) is 22.6 Å². The van der Waals surface area contributed by atoms with E-state index in [-0.39, 0.29) is 17.4 Å². The molecule has 3 heterocycles. The van der Waals surface area contributed by atoms with Crippen molar-refractivity contribution < 1.29 is 14.0 Å². The first-order valence-electron chi connectivity index (χ1n) is 9.92. The molecule has 0 spiro atoms. The highest BCUT2D eigenvalue weighted by Crippen LogP contribution is 2.38. The largest absolute Gasteiger partial charge is 0.499 e. The molecule has 0 radical (unpaired) electrons. The minimum atomic E-state index is -0.442. The van der Waals surface area contributed by atoms with Crippen LogP contribution in [0.2, 0.25) is 0 Å². The van der Waals surface area contributed by atoms with Crippen molar-refractivity contribution in [2.75, 3.05) is 6.61 Å². The van der Waals surface area contributed by atoms with Crippen LogP contribution in [0, 0.1) is 6.92 Å². The fraction of sp³-hybridized carbons (Fsp3) is 0.571. The molecule has 0 saturated carbocycles. The average Bonchev–Trinajstić information content (AvgIpc) is 3.09. The van der Waals surface area contributed by atoms with E-state index < -0.39 is 7.12 Å². The molecule has 1 atom stereocenters. The van der Waals surface area contributed by atoms with Gasteiger partial charge in [0.25, 0.3) is 0 Å². The van der Waals surface area contributed by atoms with E-state index >= 15 is 0 Å². The minimum Gasteiger partial charge on any atom is -0.399 e. The summed E-state index contributed by atoms with van der Waals surface area (Å²) in [5.41, 5.74) is 3.31. The van der Waals surface area contributed by atoms with Gasteiger partial charge in [-0.1, -0.05) is 30.3 Å². The predicted octanol–water partition coefficient (Wildman–Crippen LogP) is 3.86. The monoisotopic (exact) mass is 368 g/mol. The van der Waals surface area contributed by atoms with E-state index in [1.807, 2.05) is 17.7 Å². The van der Waals surface area contributed by atoms with Gasteiger partial charge in [-0.2, -0.15) is 5.10 Å². The van der Waals surface area contributed by atoms with Crippen LogP contribution in [0.5, 0.6) is 0 Å².